The molecule has 0 atom stereocenters. The number of primary amides is 1. The summed E-state index contributed by atoms with van der Waals surface area (Å²) < 4.78 is 0.501. The lowest BCUT2D eigenvalue weighted by molar-refractivity contribution is 0.100. The third-order valence-electron chi connectivity index (χ3n) is 2.22. The number of hydrogen-bond acceptors (Lipinski definition) is 4. The maximum Gasteiger partial charge on any atom is 0.250 e. The molecular weight excluding hydrogens is 293 g/mol. The van der Waals surface area contributed by atoms with E-state index in [1.807, 2.05) is 0 Å². The fourth-order valence-electron chi connectivity index (χ4n) is 1.38. The molecule has 0 unspecified atom stereocenters. The largest absolute Gasteiger partial charge is 0.380 e. The summed E-state index contributed by atoms with van der Waals surface area (Å²) in [5.74, 6) is -0.551. The van der Waals surface area contributed by atoms with Crippen LogP contribution in [0.25, 0.3) is 0 Å². The predicted octanol–water partition coefficient (Wildman–Crippen LogP) is 3.16. The number of anilines is 1. The van der Waals surface area contributed by atoms with Crippen molar-refractivity contribution in [2.75, 3.05) is 5.32 Å². The number of benzene rings is 1. The Morgan fingerprint density at radius 1 is 1.44 bits per heavy atom. The van der Waals surface area contributed by atoms with Gasteiger partial charge in [0.05, 0.1) is 17.1 Å². The Bertz CT molecular complexity index is 585. The third-order valence-corrected chi connectivity index (χ3v) is 3.67. The molecule has 2 aromatic rings. The molecule has 0 aliphatic rings. The van der Waals surface area contributed by atoms with E-state index in [2.05, 4.69) is 10.3 Å². The number of nitrogens with one attached hydrogen (secondary N) is 1. The molecule has 7 heteroatoms. The van der Waals surface area contributed by atoms with Crippen molar-refractivity contribution in [2.45, 2.75) is 6.54 Å². The number of thiazole rings is 1. The molecular formula is C11H9Cl2N3OS. The number of carbonyl (C=O) groups is 1. The quantitative estimate of drug-likeness (QED) is 0.911. The standard InChI is InChI=1S/C11H9Cl2N3OS/c12-9-2-1-6(3-8(9)10(14)17)15-4-7-5-16-11(13)18-7/h1-3,5,15H,4H2,(H2,14,17). The molecule has 94 valence electrons. The van der Waals surface area contributed by atoms with Gasteiger partial charge in [0.2, 0.25) is 5.91 Å². The second kappa shape index (κ2) is 5.56. The number of aromatic nitrogens is 1. The van der Waals surface area contributed by atoms with Crippen molar-refractivity contribution >= 4 is 46.1 Å². The van der Waals surface area contributed by atoms with Crippen molar-refractivity contribution in [1.82, 2.24) is 4.98 Å². The molecule has 0 aliphatic heterocycles. The number of amides is 1. The van der Waals surface area contributed by atoms with E-state index in [1.54, 1.807) is 24.4 Å². The number of hydrogen-bond donors (Lipinski definition) is 2. The lowest BCUT2D eigenvalue weighted by Crippen LogP contribution is -2.12. The van der Waals surface area contributed by atoms with E-state index in [0.29, 0.717) is 21.6 Å². The second-order valence-corrected chi connectivity index (χ2v) is 5.60. The van der Waals surface area contributed by atoms with Crippen LogP contribution in [0.3, 0.4) is 0 Å². The van der Waals surface area contributed by atoms with E-state index in [4.69, 9.17) is 28.9 Å². The van der Waals surface area contributed by atoms with Crippen LogP contribution in [0.2, 0.25) is 9.49 Å². The first-order valence-corrected chi connectivity index (χ1v) is 6.57. The second-order valence-electron chi connectivity index (χ2n) is 3.49. The molecule has 0 fully saturated rings. The Morgan fingerprint density at radius 3 is 2.83 bits per heavy atom. The molecule has 4 nitrogen and oxygen atoms in total. The van der Waals surface area contributed by atoms with Crippen molar-refractivity contribution in [3.8, 4) is 0 Å². The molecule has 0 saturated carbocycles. The Kier molecular flexibility index (Phi) is 4.06. The predicted molar refractivity (Wildman–Crippen MR) is 74.4 cm³/mol. The third kappa shape index (κ3) is 3.13. The number of halogens is 2. The molecule has 1 aromatic heterocycles. The molecule has 1 aromatic carbocycles. The number of carbonyl (C=O) groups excluding carboxylic acids is 1. The molecule has 0 radical (unpaired) electrons. The highest BCUT2D eigenvalue weighted by Crippen LogP contribution is 2.22. The Labute approximate surface area is 118 Å². The van der Waals surface area contributed by atoms with Crippen LogP contribution in [-0.2, 0) is 6.54 Å². The van der Waals surface area contributed by atoms with E-state index in [-0.39, 0.29) is 0 Å². The Morgan fingerprint density at radius 2 is 2.22 bits per heavy atom. The lowest BCUT2D eigenvalue weighted by Gasteiger charge is -2.07. The van der Waals surface area contributed by atoms with Crippen LogP contribution in [0, 0.1) is 0 Å². The summed E-state index contributed by atoms with van der Waals surface area (Å²) in [6.45, 7) is 0.574. The van der Waals surface area contributed by atoms with Gasteiger partial charge in [-0.1, -0.05) is 23.2 Å². The van der Waals surface area contributed by atoms with E-state index < -0.39 is 5.91 Å². The monoisotopic (exact) mass is 301 g/mol. The van der Waals surface area contributed by atoms with Crippen molar-refractivity contribution < 1.29 is 4.79 Å². The summed E-state index contributed by atoms with van der Waals surface area (Å²) >= 11 is 13.0. The zero-order valence-corrected chi connectivity index (χ0v) is 11.4. The molecule has 0 saturated heterocycles. The molecule has 0 aliphatic carbocycles. The van der Waals surface area contributed by atoms with Crippen molar-refractivity contribution in [3.05, 3.63) is 44.3 Å². The maximum atomic E-state index is 11.1. The van der Waals surface area contributed by atoms with Crippen LogP contribution >= 0.6 is 34.5 Å². The topological polar surface area (TPSA) is 68.0 Å². The molecule has 3 N–H and O–H groups in total. The van der Waals surface area contributed by atoms with E-state index in [0.717, 1.165) is 10.6 Å². The summed E-state index contributed by atoms with van der Waals surface area (Å²) in [5, 5.41) is 3.48. The molecule has 1 heterocycles. The van der Waals surface area contributed by atoms with Crippen LogP contribution in [-0.4, -0.2) is 10.9 Å². The Hall–Kier alpha value is -1.30. The van der Waals surface area contributed by atoms with Gasteiger partial charge in [0.25, 0.3) is 0 Å². The van der Waals surface area contributed by atoms with Gasteiger partial charge in [0.15, 0.2) is 4.47 Å². The summed E-state index contributed by atoms with van der Waals surface area (Å²) in [7, 11) is 0. The molecule has 0 spiro atoms. The van der Waals surface area contributed by atoms with Gasteiger partial charge >= 0.3 is 0 Å². The van der Waals surface area contributed by atoms with Crippen molar-refractivity contribution in [3.63, 3.8) is 0 Å². The number of nitrogens with zero attached hydrogens (tertiary/aromatic N) is 1. The summed E-state index contributed by atoms with van der Waals surface area (Å²) in [4.78, 5) is 16.1. The van der Waals surface area contributed by atoms with E-state index in [1.165, 1.54) is 11.3 Å². The van der Waals surface area contributed by atoms with Gasteiger partial charge in [-0.2, -0.15) is 0 Å². The summed E-state index contributed by atoms with van der Waals surface area (Å²) in [5.41, 5.74) is 6.27. The first kappa shape index (κ1) is 13.1. The summed E-state index contributed by atoms with van der Waals surface area (Å²) in [6, 6.07) is 5.02. The molecule has 0 bridgehead atoms. The SMILES string of the molecule is NC(=O)c1cc(NCc2cnc(Cl)s2)ccc1Cl. The normalized spacial score (nSPS) is 10.3. The van der Waals surface area contributed by atoms with Crippen LogP contribution < -0.4 is 11.1 Å². The van der Waals surface area contributed by atoms with Gasteiger partial charge in [-0.05, 0) is 18.2 Å². The van der Waals surface area contributed by atoms with Crippen LogP contribution in [0.4, 0.5) is 5.69 Å². The highest BCUT2D eigenvalue weighted by molar-refractivity contribution is 7.15. The summed E-state index contributed by atoms with van der Waals surface area (Å²) in [6.07, 6.45) is 1.70. The lowest BCUT2D eigenvalue weighted by atomic mass is 10.2. The minimum Gasteiger partial charge on any atom is -0.380 e. The Balaban J connectivity index is 2.10. The average molecular weight is 302 g/mol. The first-order chi connectivity index (χ1) is 8.56. The van der Waals surface area contributed by atoms with Gasteiger partial charge in [-0.25, -0.2) is 4.98 Å². The van der Waals surface area contributed by atoms with Crippen molar-refractivity contribution in [1.29, 1.82) is 0 Å². The minimum atomic E-state index is -0.551. The number of nitrogens with two attached hydrogens (primary N) is 1. The zero-order chi connectivity index (χ0) is 13.1. The average Bonchev–Trinajstić information content (AvgIpc) is 2.74. The van der Waals surface area contributed by atoms with Crippen LogP contribution in [0.5, 0.6) is 0 Å². The van der Waals surface area contributed by atoms with E-state index in [9.17, 15) is 4.79 Å². The van der Waals surface area contributed by atoms with E-state index >= 15 is 0 Å². The maximum absolute atomic E-state index is 11.1. The molecule has 1 amide bonds. The highest BCUT2D eigenvalue weighted by Gasteiger charge is 2.07. The fraction of sp³-hybridized carbons (Fsp3) is 0.0909. The minimum absolute atomic E-state index is 0.295. The molecule has 2 rings (SSSR count). The van der Waals surface area contributed by atoms with Gasteiger partial charge in [-0.3, -0.25) is 4.79 Å². The van der Waals surface area contributed by atoms with Gasteiger partial charge in [0, 0.05) is 16.8 Å². The van der Waals surface area contributed by atoms with Gasteiger partial charge < -0.3 is 11.1 Å². The van der Waals surface area contributed by atoms with Gasteiger partial charge in [-0.15, -0.1) is 11.3 Å². The van der Waals surface area contributed by atoms with Crippen molar-refractivity contribution in [2.24, 2.45) is 5.73 Å². The first-order valence-electron chi connectivity index (χ1n) is 4.99. The van der Waals surface area contributed by atoms with Crippen LogP contribution in [0.15, 0.2) is 24.4 Å². The smallest absolute Gasteiger partial charge is 0.250 e. The molecule has 18 heavy (non-hydrogen) atoms. The van der Waals surface area contributed by atoms with Gasteiger partial charge in [0.1, 0.15) is 0 Å². The zero-order valence-electron chi connectivity index (χ0n) is 9.11. The highest BCUT2D eigenvalue weighted by atomic mass is 35.5. The van der Waals surface area contributed by atoms with Crippen LogP contribution in [0.1, 0.15) is 15.2 Å². The number of rotatable bonds is 4. The fourth-order valence-corrected chi connectivity index (χ4v) is 2.51.